The molecule has 2 N–H and O–H groups in total. The molecule has 0 aliphatic carbocycles. The van der Waals surface area contributed by atoms with Gasteiger partial charge in [0.15, 0.2) is 0 Å². The maximum absolute atomic E-state index is 12.2. The number of H-pyrrole nitrogens is 1. The number of benzene rings is 1. The Hall–Kier alpha value is -2.64. The summed E-state index contributed by atoms with van der Waals surface area (Å²) in [5.74, 6) is -0.214. The van der Waals surface area contributed by atoms with Gasteiger partial charge in [-0.1, -0.05) is 18.2 Å². The van der Waals surface area contributed by atoms with Crippen LogP contribution in [0.15, 0.2) is 42.6 Å². The van der Waals surface area contributed by atoms with Crippen molar-refractivity contribution < 1.29 is 14.3 Å². The lowest BCUT2D eigenvalue weighted by Gasteiger charge is -2.22. The lowest BCUT2D eigenvalue weighted by Crippen LogP contribution is -2.39. The third kappa shape index (κ3) is 3.57. The van der Waals surface area contributed by atoms with Crippen LogP contribution in [0.1, 0.15) is 16.2 Å². The second-order valence-electron chi connectivity index (χ2n) is 6.06. The molecule has 25 heavy (non-hydrogen) atoms. The number of carbonyl (C=O) groups is 1. The van der Waals surface area contributed by atoms with Gasteiger partial charge >= 0.3 is 0 Å². The quantitative estimate of drug-likeness (QED) is 0.738. The molecule has 1 saturated heterocycles. The highest BCUT2D eigenvalue weighted by molar-refractivity contribution is 5.92. The van der Waals surface area contributed by atoms with Gasteiger partial charge in [0, 0.05) is 18.3 Å². The van der Waals surface area contributed by atoms with Crippen LogP contribution in [0.4, 0.5) is 0 Å². The van der Waals surface area contributed by atoms with Gasteiger partial charge in [-0.25, -0.2) is 0 Å². The average molecular weight is 340 g/mol. The molecule has 1 aliphatic rings. The Labute approximate surface area is 144 Å². The highest BCUT2D eigenvalue weighted by Crippen LogP contribution is 2.16. The van der Waals surface area contributed by atoms with Gasteiger partial charge in [0.2, 0.25) is 0 Å². The molecule has 0 saturated carbocycles. The average Bonchev–Trinajstić information content (AvgIpc) is 3.29. The van der Waals surface area contributed by atoms with Crippen LogP contribution in [0, 0.1) is 0 Å². The molecular formula is C18H20N4O3. The van der Waals surface area contributed by atoms with Crippen molar-refractivity contribution in [2.75, 3.05) is 26.4 Å². The summed E-state index contributed by atoms with van der Waals surface area (Å²) in [7, 11) is 0. The fourth-order valence-corrected chi connectivity index (χ4v) is 2.97. The predicted octanol–water partition coefficient (Wildman–Crippen LogP) is 1.56. The summed E-state index contributed by atoms with van der Waals surface area (Å²) in [5, 5.41) is 11.1. The van der Waals surface area contributed by atoms with E-state index in [1.807, 2.05) is 18.3 Å². The van der Waals surface area contributed by atoms with Gasteiger partial charge < -0.3 is 19.4 Å². The molecule has 1 fully saturated rings. The van der Waals surface area contributed by atoms with Crippen LogP contribution in [0.5, 0.6) is 0 Å². The first kappa shape index (κ1) is 15.9. The standard InChI is InChI=1S/C18H20N4O3/c23-18(19-10-15-12-24-7-8-25-15)16-9-14(20-21-16)11-22-6-5-13-3-1-2-4-17(13)22/h1-6,9,15H,7-8,10-12H2,(H,19,23)(H,20,21). The zero-order valence-electron chi connectivity index (χ0n) is 13.8. The van der Waals surface area contributed by atoms with E-state index in [1.165, 1.54) is 5.39 Å². The molecule has 0 spiro atoms. The van der Waals surface area contributed by atoms with E-state index in [2.05, 4.69) is 38.3 Å². The third-order valence-corrected chi connectivity index (χ3v) is 4.26. The third-order valence-electron chi connectivity index (χ3n) is 4.26. The number of hydrogen-bond donors (Lipinski definition) is 2. The van der Waals surface area contributed by atoms with Crippen LogP contribution in [0.3, 0.4) is 0 Å². The molecule has 7 nitrogen and oxygen atoms in total. The summed E-state index contributed by atoms with van der Waals surface area (Å²) < 4.78 is 12.9. The van der Waals surface area contributed by atoms with Gasteiger partial charge in [-0.2, -0.15) is 5.10 Å². The van der Waals surface area contributed by atoms with E-state index in [9.17, 15) is 4.79 Å². The van der Waals surface area contributed by atoms with Crippen LogP contribution in [-0.4, -0.2) is 53.1 Å². The normalized spacial score (nSPS) is 17.7. The first-order valence-corrected chi connectivity index (χ1v) is 8.35. The minimum atomic E-state index is -0.214. The lowest BCUT2D eigenvalue weighted by atomic mass is 10.2. The van der Waals surface area contributed by atoms with Gasteiger partial charge in [0.25, 0.3) is 5.91 Å². The maximum Gasteiger partial charge on any atom is 0.271 e. The Morgan fingerprint density at radius 3 is 3.12 bits per heavy atom. The number of carbonyl (C=O) groups excluding carboxylic acids is 1. The Morgan fingerprint density at radius 1 is 1.32 bits per heavy atom. The van der Waals surface area contributed by atoms with Gasteiger partial charge in [0.05, 0.1) is 38.2 Å². The molecule has 1 unspecified atom stereocenters. The van der Waals surface area contributed by atoms with Crippen molar-refractivity contribution in [2.24, 2.45) is 0 Å². The monoisotopic (exact) mass is 340 g/mol. The van der Waals surface area contributed by atoms with Crippen molar-refractivity contribution in [2.45, 2.75) is 12.6 Å². The van der Waals surface area contributed by atoms with E-state index in [4.69, 9.17) is 9.47 Å². The Morgan fingerprint density at radius 2 is 2.24 bits per heavy atom. The fraction of sp³-hybridized carbons (Fsp3) is 0.333. The van der Waals surface area contributed by atoms with Gasteiger partial charge in [-0.3, -0.25) is 9.89 Å². The van der Waals surface area contributed by atoms with Crippen LogP contribution in [0.2, 0.25) is 0 Å². The second kappa shape index (κ2) is 7.08. The number of aromatic nitrogens is 3. The van der Waals surface area contributed by atoms with E-state index in [0.29, 0.717) is 38.6 Å². The van der Waals surface area contributed by atoms with Crippen molar-refractivity contribution in [1.82, 2.24) is 20.1 Å². The second-order valence-corrected chi connectivity index (χ2v) is 6.06. The smallest absolute Gasteiger partial charge is 0.271 e. The molecule has 0 bridgehead atoms. The number of amides is 1. The minimum absolute atomic E-state index is 0.0950. The topological polar surface area (TPSA) is 81.2 Å². The molecule has 1 aromatic carbocycles. The van der Waals surface area contributed by atoms with E-state index in [1.54, 1.807) is 6.07 Å². The van der Waals surface area contributed by atoms with Crippen LogP contribution >= 0.6 is 0 Å². The first-order valence-electron chi connectivity index (χ1n) is 8.35. The minimum Gasteiger partial charge on any atom is -0.376 e. The Bertz CT molecular complexity index is 864. The highest BCUT2D eigenvalue weighted by atomic mass is 16.6. The molecule has 4 rings (SSSR count). The zero-order valence-corrected chi connectivity index (χ0v) is 13.8. The highest BCUT2D eigenvalue weighted by Gasteiger charge is 2.17. The number of rotatable bonds is 5. The molecule has 1 atom stereocenters. The molecule has 3 aromatic rings. The van der Waals surface area contributed by atoms with Crippen LogP contribution in [-0.2, 0) is 16.0 Å². The number of nitrogens with zero attached hydrogens (tertiary/aromatic N) is 2. The Balaban J connectivity index is 1.38. The van der Waals surface area contributed by atoms with Crippen molar-refractivity contribution >= 4 is 16.8 Å². The number of hydrogen-bond acceptors (Lipinski definition) is 4. The van der Waals surface area contributed by atoms with Gasteiger partial charge in [-0.15, -0.1) is 0 Å². The Kier molecular flexibility index (Phi) is 4.49. The number of ether oxygens (including phenoxy) is 2. The number of nitrogens with one attached hydrogen (secondary N) is 2. The molecule has 1 aliphatic heterocycles. The number of aromatic amines is 1. The van der Waals surface area contributed by atoms with Crippen LogP contribution in [0.25, 0.3) is 10.9 Å². The zero-order chi connectivity index (χ0) is 17.1. The molecule has 1 amide bonds. The lowest BCUT2D eigenvalue weighted by molar-refractivity contribution is -0.0855. The summed E-state index contributed by atoms with van der Waals surface area (Å²) in [5.41, 5.74) is 2.41. The number of para-hydroxylation sites is 1. The van der Waals surface area contributed by atoms with E-state index < -0.39 is 0 Å². The maximum atomic E-state index is 12.2. The van der Waals surface area contributed by atoms with Crippen LogP contribution < -0.4 is 5.32 Å². The predicted molar refractivity (Wildman–Crippen MR) is 92.5 cm³/mol. The van der Waals surface area contributed by atoms with Gasteiger partial charge in [-0.05, 0) is 23.6 Å². The first-order chi connectivity index (χ1) is 12.3. The largest absolute Gasteiger partial charge is 0.376 e. The molecular weight excluding hydrogens is 320 g/mol. The van der Waals surface area contributed by atoms with Crippen molar-refractivity contribution in [3.05, 3.63) is 54.0 Å². The SMILES string of the molecule is O=C(NCC1COCCO1)c1cc(Cn2ccc3ccccc32)[nH]n1. The molecule has 2 aromatic heterocycles. The summed E-state index contributed by atoms with van der Waals surface area (Å²) in [6.45, 7) is 2.74. The molecule has 0 radical (unpaired) electrons. The summed E-state index contributed by atoms with van der Waals surface area (Å²) in [4.78, 5) is 12.2. The summed E-state index contributed by atoms with van der Waals surface area (Å²) in [6.07, 6.45) is 1.94. The molecule has 3 heterocycles. The van der Waals surface area contributed by atoms with E-state index in [-0.39, 0.29) is 12.0 Å². The molecule has 7 heteroatoms. The summed E-state index contributed by atoms with van der Waals surface area (Å²) in [6, 6.07) is 12.0. The van der Waals surface area contributed by atoms with E-state index in [0.717, 1.165) is 11.2 Å². The van der Waals surface area contributed by atoms with Gasteiger partial charge in [0.1, 0.15) is 5.69 Å². The number of fused-ring (bicyclic) bond motifs is 1. The molecule has 130 valence electrons. The van der Waals surface area contributed by atoms with Crippen molar-refractivity contribution in [3.63, 3.8) is 0 Å². The van der Waals surface area contributed by atoms with Crippen molar-refractivity contribution in [1.29, 1.82) is 0 Å². The fourth-order valence-electron chi connectivity index (χ4n) is 2.97. The van der Waals surface area contributed by atoms with E-state index >= 15 is 0 Å². The summed E-state index contributed by atoms with van der Waals surface area (Å²) >= 11 is 0. The van der Waals surface area contributed by atoms with Crippen molar-refractivity contribution in [3.8, 4) is 0 Å².